The van der Waals surface area contributed by atoms with Crippen LogP contribution in [-0.2, 0) is 4.79 Å². The number of aryl methyl sites for hydroxylation is 3. The van der Waals surface area contributed by atoms with Crippen molar-refractivity contribution < 1.29 is 9.59 Å². The van der Waals surface area contributed by atoms with Gasteiger partial charge in [-0.2, -0.15) is 0 Å². The van der Waals surface area contributed by atoms with Crippen LogP contribution in [0.4, 0.5) is 5.69 Å². The number of aromatic nitrogens is 3. The van der Waals surface area contributed by atoms with Gasteiger partial charge in [-0.3, -0.25) is 14.2 Å². The van der Waals surface area contributed by atoms with Gasteiger partial charge < -0.3 is 10.6 Å². The van der Waals surface area contributed by atoms with Crippen LogP contribution in [0.1, 0.15) is 34.2 Å². The fraction of sp³-hybridized carbons (Fsp3) is 0.273. The molecule has 0 saturated heterocycles. The number of thioether (sulfide) groups is 1. The van der Waals surface area contributed by atoms with Crippen molar-refractivity contribution in [3.63, 3.8) is 0 Å². The maximum absolute atomic E-state index is 12.5. The second-order valence-electron chi connectivity index (χ2n) is 6.93. The van der Waals surface area contributed by atoms with E-state index in [0.29, 0.717) is 23.0 Å². The average molecular weight is 424 g/mol. The van der Waals surface area contributed by atoms with Crippen molar-refractivity contribution in [1.82, 2.24) is 20.1 Å². The molecule has 3 rings (SSSR count). The van der Waals surface area contributed by atoms with Crippen molar-refractivity contribution in [1.29, 1.82) is 0 Å². The highest BCUT2D eigenvalue weighted by Crippen LogP contribution is 2.25. The Morgan fingerprint density at radius 1 is 1.07 bits per heavy atom. The molecule has 0 aliphatic heterocycles. The lowest BCUT2D eigenvalue weighted by molar-refractivity contribution is -0.113. The summed E-state index contributed by atoms with van der Waals surface area (Å²) in [5.41, 5.74) is 4.35. The largest absolute Gasteiger partial charge is 0.352 e. The van der Waals surface area contributed by atoms with Crippen molar-refractivity contribution in [2.24, 2.45) is 0 Å². The summed E-state index contributed by atoms with van der Waals surface area (Å²) < 4.78 is 1.97. The first kappa shape index (κ1) is 21.6. The van der Waals surface area contributed by atoms with Gasteiger partial charge in [0, 0.05) is 17.8 Å². The molecule has 0 spiro atoms. The Morgan fingerprint density at radius 2 is 1.87 bits per heavy atom. The minimum Gasteiger partial charge on any atom is -0.352 e. The van der Waals surface area contributed by atoms with Crippen molar-refractivity contribution in [2.75, 3.05) is 17.6 Å². The molecule has 0 aliphatic rings. The molecule has 2 N–H and O–H groups in total. The lowest BCUT2D eigenvalue weighted by atomic mass is 10.1. The monoisotopic (exact) mass is 423 g/mol. The molecule has 0 bridgehead atoms. The first-order valence-electron chi connectivity index (χ1n) is 9.69. The van der Waals surface area contributed by atoms with E-state index in [1.165, 1.54) is 11.8 Å². The quantitative estimate of drug-likeness (QED) is 0.566. The Hall–Kier alpha value is -3.13. The van der Waals surface area contributed by atoms with Gasteiger partial charge in [0.1, 0.15) is 5.82 Å². The zero-order valence-electron chi connectivity index (χ0n) is 17.5. The predicted octanol–water partition coefficient (Wildman–Crippen LogP) is 3.67. The molecule has 0 saturated carbocycles. The van der Waals surface area contributed by atoms with Crippen LogP contribution in [-0.4, -0.2) is 38.9 Å². The van der Waals surface area contributed by atoms with Gasteiger partial charge >= 0.3 is 0 Å². The number of nitrogens with zero attached hydrogens (tertiary/aromatic N) is 3. The molecule has 7 nitrogen and oxygen atoms in total. The Labute approximate surface area is 180 Å². The highest BCUT2D eigenvalue weighted by Gasteiger charge is 2.15. The molecule has 0 atom stereocenters. The zero-order chi connectivity index (χ0) is 21.7. The fourth-order valence-electron chi connectivity index (χ4n) is 3.00. The highest BCUT2D eigenvalue weighted by atomic mass is 32.2. The second-order valence-corrected chi connectivity index (χ2v) is 7.87. The molecule has 0 fully saturated rings. The molecule has 156 valence electrons. The Bertz CT molecular complexity index is 1080. The van der Waals surface area contributed by atoms with Crippen molar-refractivity contribution >= 4 is 29.3 Å². The summed E-state index contributed by atoms with van der Waals surface area (Å²) in [7, 11) is 0. The summed E-state index contributed by atoms with van der Waals surface area (Å²) in [6.07, 6.45) is 0. The molecule has 1 heterocycles. The van der Waals surface area contributed by atoms with Gasteiger partial charge in [-0.1, -0.05) is 30.0 Å². The number of hydrogen-bond donors (Lipinski definition) is 2. The fourth-order valence-corrected chi connectivity index (χ4v) is 3.79. The van der Waals surface area contributed by atoms with Crippen LogP contribution >= 0.6 is 11.8 Å². The Morgan fingerprint density at radius 3 is 2.63 bits per heavy atom. The van der Waals surface area contributed by atoms with E-state index in [1.807, 2.05) is 32.3 Å². The van der Waals surface area contributed by atoms with Gasteiger partial charge in [0.2, 0.25) is 5.91 Å². The van der Waals surface area contributed by atoms with Crippen molar-refractivity contribution in [2.45, 2.75) is 32.9 Å². The van der Waals surface area contributed by atoms with E-state index in [2.05, 4.69) is 39.0 Å². The third-order valence-corrected chi connectivity index (χ3v) is 5.41. The van der Waals surface area contributed by atoms with Gasteiger partial charge in [-0.15, -0.1) is 10.2 Å². The summed E-state index contributed by atoms with van der Waals surface area (Å²) in [5.74, 6) is 0.594. The molecule has 3 aromatic rings. The number of rotatable bonds is 7. The van der Waals surface area contributed by atoms with E-state index < -0.39 is 0 Å². The summed E-state index contributed by atoms with van der Waals surface area (Å²) in [6, 6.07) is 13.1. The topological polar surface area (TPSA) is 88.9 Å². The first-order valence-corrected chi connectivity index (χ1v) is 10.7. The number of anilines is 1. The van der Waals surface area contributed by atoms with Crippen molar-refractivity contribution in [3.05, 3.63) is 65.0 Å². The molecule has 1 aromatic heterocycles. The van der Waals surface area contributed by atoms with E-state index in [-0.39, 0.29) is 17.6 Å². The normalized spacial score (nSPS) is 10.7. The molecule has 30 heavy (non-hydrogen) atoms. The molecular formula is C22H25N5O2S. The van der Waals surface area contributed by atoms with Crippen LogP contribution < -0.4 is 10.6 Å². The maximum Gasteiger partial charge on any atom is 0.251 e. The molecule has 8 heteroatoms. The number of carbonyl (C=O) groups excluding carboxylic acids is 2. The minimum atomic E-state index is -0.179. The molecule has 2 amide bonds. The van der Waals surface area contributed by atoms with E-state index in [0.717, 1.165) is 22.6 Å². The minimum absolute atomic E-state index is 0.167. The Kier molecular flexibility index (Phi) is 6.89. The summed E-state index contributed by atoms with van der Waals surface area (Å²) in [6.45, 7) is 8.38. The SMILES string of the molecule is CCNC(=O)c1cccc(NC(=O)CSc2nnc(C)n2-c2cc(C)ccc2C)c1. The smallest absolute Gasteiger partial charge is 0.251 e. The molecule has 2 aromatic carbocycles. The third-order valence-electron chi connectivity index (χ3n) is 4.48. The zero-order valence-corrected chi connectivity index (χ0v) is 18.3. The summed E-state index contributed by atoms with van der Waals surface area (Å²) in [5, 5.41) is 14.7. The van der Waals surface area contributed by atoms with Crippen LogP contribution in [0.3, 0.4) is 0 Å². The lowest BCUT2D eigenvalue weighted by Crippen LogP contribution is -2.23. The number of carbonyl (C=O) groups is 2. The molecule has 0 unspecified atom stereocenters. The lowest BCUT2D eigenvalue weighted by Gasteiger charge is -2.12. The van der Waals surface area contributed by atoms with Gasteiger partial charge in [-0.25, -0.2) is 0 Å². The van der Waals surface area contributed by atoms with Crippen LogP contribution in [0.25, 0.3) is 5.69 Å². The van der Waals surface area contributed by atoms with Gasteiger partial charge in [0.25, 0.3) is 5.91 Å². The molecule has 0 aliphatic carbocycles. The number of hydrogen-bond acceptors (Lipinski definition) is 5. The van der Waals surface area contributed by atoms with Crippen LogP contribution in [0.15, 0.2) is 47.6 Å². The Balaban J connectivity index is 1.70. The summed E-state index contributed by atoms with van der Waals surface area (Å²) >= 11 is 1.32. The first-order chi connectivity index (χ1) is 14.4. The number of amides is 2. The standard InChI is InChI=1S/C22H25N5O2S/c1-5-23-21(29)17-7-6-8-18(12-17)24-20(28)13-30-22-26-25-16(4)27(22)19-11-14(2)9-10-15(19)3/h6-12H,5,13H2,1-4H3,(H,23,29)(H,24,28). The van der Waals surface area contributed by atoms with Gasteiger partial charge in [0.15, 0.2) is 5.16 Å². The van der Waals surface area contributed by atoms with Gasteiger partial charge in [0.05, 0.1) is 11.4 Å². The van der Waals surface area contributed by atoms with E-state index in [1.54, 1.807) is 24.3 Å². The van der Waals surface area contributed by atoms with E-state index in [9.17, 15) is 9.59 Å². The number of nitrogens with one attached hydrogen (secondary N) is 2. The van der Waals surface area contributed by atoms with E-state index in [4.69, 9.17) is 0 Å². The van der Waals surface area contributed by atoms with Crippen LogP contribution in [0.5, 0.6) is 0 Å². The van der Waals surface area contributed by atoms with E-state index >= 15 is 0 Å². The summed E-state index contributed by atoms with van der Waals surface area (Å²) in [4.78, 5) is 24.5. The average Bonchev–Trinajstić information content (AvgIpc) is 3.09. The highest BCUT2D eigenvalue weighted by molar-refractivity contribution is 7.99. The predicted molar refractivity (Wildman–Crippen MR) is 119 cm³/mol. The third kappa shape index (κ3) is 5.07. The van der Waals surface area contributed by atoms with Crippen LogP contribution in [0.2, 0.25) is 0 Å². The number of benzene rings is 2. The second kappa shape index (κ2) is 9.58. The maximum atomic E-state index is 12.5. The van der Waals surface area contributed by atoms with Crippen LogP contribution in [0, 0.1) is 20.8 Å². The molecular weight excluding hydrogens is 398 g/mol. The van der Waals surface area contributed by atoms with Gasteiger partial charge in [-0.05, 0) is 63.1 Å². The molecule has 0 radical (unpaired) electrons. The van der Waals surface area contributed by atoms with Crippen molar-refractivity contribution in [3.8, 4) is 5.69 Å².